The number of hydrogen-bond acceptors (Lipinski definition) is 8. The van der Waals surface area contributed by atoms with Gasteiger partial charge in [-0.1, -0.05) is 17.7 Å². The third-order valence-electron chi connectivity index (χ3n) is 9.53. The van der Waals surface area contributed by atoms with E-state index in [0.29, 0.717) is 61.9 Å². The van der Waals surface area contributed by atoms with Crippen molar-refractivity contribution in [2.45, 2.75) is 57.7 Å². The molecule has 3 atom stereocenters. The molecule has 0 spiro atoms. The van der Waals surface area contributed by atoms with Crippen LogP contribution in [0.1, 0.15) is 76.8 Å². The SMILES string of the molecule is CCN(CCC1c2c(n(CC(=O)Nc3ccc(C(F)(F)F)cc3Cl)c3nc(C4=CCOCC4)nn3c2=O)C2CC12)C(=O)c1[nH]nc(C)c1O. The lowest BCUT2D eigenvalue weighted by molar-refractivity contribution is -0.137. The number of benzene rings is 1. The van der Waals surface area contributed by atoms with E-state index in [1.54, 1.807) is 16.4 Å². The van der Waals surface area contributed by atoms with Crippen molar-refractivity contribution >= 4 is 40.5 Å². The van der Waals surface area contributed by atoms with Crippen LogP contribution >= 0.6 is 11.6 Å². The summed E-state index contributed by atoms with van der Waals surface area (Å²) in [5.41, 5.74) is 0.976. The molecule has 1 aliphatic heterocycles. The fraction of sp³-hybridized carbons (Fsp3) is 0.438. The first-order valence-electron chi connectivity index (χ1n) is 15.9. The molecule has 13 nitrogen and oxygen atoms in total. The first-order chi connectivity index (χ1) is 23.4. The number of hydrogen-bond donors (Lipinski definition) is 3. The van der Waals surface area contributed by atoms with Crippen LogP contribution in [0.5, 0.6) is 5.75 Å². The number of H-pyrrole nitrogens is 1. The van der Waals surface area contributed by atoms with Gasteiger partial charge in [-0.2, -0.15) is 27.8 Å². The van der Waals surface area contributed by atoms with Gasteiger partial charge in [-0.25, -0.2) is 0 Å². The van der Waals surface area contributed by atoms with Gasteiger partial charge in [-0.3, -0.25) is 19.5 Å². The van der Waals surface area contributed by atoms with Crippen molar-refractivity contribution in [1.82, 2.24) is 34.3 Å². The zero-order chi connectivity index (χ0) is 34.8. The van der Waals surface area contributed by atoms with Crippen LogP contribution < -0.4 is 10.9 Å². The summed E-state index contributed by atoms with van der Waals surface area (Å²) in [5, 5.41) is 23.7. The molecule has 4 heterocycles. The van der Waals surface area contributed by atoms with Crippen molar-refractivity contribution in [1.29, 1.82) is 0 Å². The largest absolute Gasteiger partial charge is 0.504 e. The molecular weight excluding hydrogens is 669 g/mol. The van der Waals surface area contributed by atoms with E-state index in [0.717, 1.165) is 30.2 Å². The number of aromatic hydroxyl groups is 1. The summed E-state index contributed by atoms with van der Waals surface area (Å²) in [6.45, 7) is 4.58. The third-order valence-corrected chi connectivity index (χ3v) is 9.84. The fourth-order valence-corrected chi connectivity index (χ4v) is 7.19. The van der Waals surface area contributed by atoms with Gasteiger partial charge in [0.05, 0.1) is 29.5 Å². The fourth-order valence-electron chi connectivity index (χ4n) is 6.97. The molecule has 7 rings (SSSR count). The van der Waals surface area contributed by atoms with E-state index < -0.39 is 23.6 Å². The van der Waals surface area contributed by atoms with Crippen LogP contribution in [0.3, 0.4) is 0 Å². The van der Waals surface area contributed by atoms with Gasteiger partial charge in [0, 0.05) is 30.3 Å². The van der Waals surface area contributed by atoms with E-state index in [2.05, 4.69) is 20.6 Å². The third kappa shape index (κ3) is 5.86. The van der Waals surface area contributed by atoms with Crippen LogP contribution in [0.25, 0.3) is 11.4 Å². The molecule has 258 valence electrons. The minimum Gasteiger partial charge on any atom is -0.504 e. The van der Waals surface area contributed by atoms with Gasteiger partial charge in [-0.15, -0.1) is 5.10 Å². The predicted molar refractivity (Wildman–Crippen MR) is 171 cm³/mol. The summed E-state index contributed by atoms with van der Waals surface area (Å²) in [6.07, 6.45) is -1.01. The number of nitrogens with zero attached hydrogens (tertiary/aromatic N) is 6. The lowest BCUT2D eigenvalue weighted by Crippen LogP contribution is -2.34. The number of aromatic nitrogens is 6. The number of ether oxygens (including phenoxy) is 1. The van der Waals surface area contributed by atoms with Crippen molar-refractivity contribution in [2.24, 2.45) is 5.92 Å². The Balaban J connectivity index is 1.23. The van der Waals surface area contributed by atoms with Crippen LogP contribution in [0.15, 0.2) is 29.1 Å². The number of aromatic amines is 1. The highest BCUT2D eigenvalue weighted by atomic mass is 35.5. The standard InChI is InChI=1S/C32H32ClF3N8O5/c1-3-42(30(48)25-27(46)15(2)39-40-25)9-6-18-19-13-20(19)26-24(18)29(47)44-31(38-28(41-44)16-7-10-49-11-8-16)43(26)14-23(45)37-22-5-4-17(12-21(22)33)32(34,35)36/h4-5,7,12,18-20,46H,3,6,8-11,13-14H2,1-2H3,(H,37,45)(H,39,40). The monoisotopic (exact) mass is 700 g/mol. The first kappa shape index (κ1) is 32.8. The molecule has 3 N–H and O–H groups in total. The number of alkyl halides is 3. The van der Waals surface area contributed by atoms with E-state index >= 15 is 0 Å². The summed E-state index contributed by atoms with van der Waals surface area (Å²) >= 11 is 6.12. The second-order valence-corrected chi connectivity index (χ2v) is 12.9. The maximum Gasteiger partial charge on any atom is 0.416 e. The van der Waals surface area contributed by atoms with Gasteiger partial charge >= 0.3 is 6.18 Å². The Morgan fingerprint density at radius 3 is 2.73 bits per heavy atom. The van der Waals surface area contributed by atoms with E-state index in [1.165, 1.54) is 4.52 Å². The number of rotatable bonds is 9. The van der Waals surface area contributed by atoms with Crippen molar-refractivity contribution in [3.05, 3.63) is 73.7 Å². The molecule has 0 bridgehead atoms. The van der Waals surface area contributed by atoms with Crippen molar-refractivity contribution in [3.63, 3.8) is 0 Å². The molecule has 1 aromatic carbocycles. The molecule has 2 aliphatic carbocycles. The number of nitrogens with one attached hydrogen (secondary N) is 2. The minimum atomic E-state index is -4.60. The van der Waals surface area contributed by atoms with E-state index in [4.69, 9.17) is 21.3 Å². The normalized spacial score (nSPS) is 19.8. The molecule has 4 aromatic rings. The van der Waals surface area contributed by atoms with E-state index in [1.807, 2.05) is 13.0 Å². The zero-order valence-corrected chi connectivity index (χ0v) is 27.2. The summed E-state index contributed by atoms with van der Waals surface area (Å²) in [7, 11) is 0. The molecule has 3 aliphatic rings. The topological polar surface area (TPSA) is 160 Å². The number of aryl methyl sites for hydroxylation is 1. The van der Waals surface area contributed by atoms with E-state index in [-0.39, 0.29) is 57.8 Å². The highest BCUT2D eigenvalue weighted by molar-refractivity contribution is 6.33. The van der Waals surface area contributed by atoms with Gasteiger partial charge in [0.25, 0.3) is 11.5 Å². The lowest BCUT2D eigenvalue weighted by Gasteiger charge is -2.23. The number of anilines is 1. The van der Waals surface area contributed by atoms with Crippen LogP contribution in [0.2, 0.25) is 5.02 Å². The van der Waals surface area contributed by atoms with Gasteiger partial charge < -0.3 is 24.6 Å². The molecule has 3 aromatic heterocycles. The summed E-state index contributed by atoms with van der Waals surface area (Å²) < 4.78 is 47.8. The van der Waals surface area contributed by atoms with E-state index in [9.17, 15) is 32.7 Å². The van der Waals surface area contributed by atoms with Crippen molar-refractivity contribution in [3.8, 4) is 5.75 Å². The predicted octanol–water partition coefficient (Wildman–Crippen LogP) is 4.50. The molecule has 3 unspecified atom stereocenters. The summed E-state index contributed by atoms with van der Waals surface area (Å²) in [4.78, 5) is 47.2. The van der Waals surface area contributed by atoms with Gasteiger partial charge in [0.2, 0.25) is 11.7 Å². The van der Waals surface area contributed by atoms with Gasteiger partial charge in [0.1, 0.15) is 12.2 Å². The van der Waals surface area contributed by atoms with Gasteiger partial charge in [-0.05, 0) is 68.7 Å². The number of carbonyl (C=O) groups excluding carboxylic acids is 2. The minimum absolute atomic E-state index is 0.00346. The Morgan fingerprint density at radius 1 is 1.29 bits per heavy atom. The average molecular weight is 701 g/mol. The molecule has 17 heteroatoms. The Hall–Kier alpha value is -4.70. The number of halogens is 4. The van der Waals surface area contributed by atoms with Gasteiger partial charge in [0.15, 0.2) is 17.3 Å². The molecule has 0 saturated heterocycles. The second kappa shape index (κ2) is 12.3. The first-order valence-corrected chi connectivity index (χ1v) is 16.2. The second-order valence-electron chi connectivity index (χ2n) is 12.5. The molecule has 0 radical (unpaired) electrons. The summed E-state index contributed by atoms with van der Waals surface area (Å²) in [6, 6.07) is 2.68. The highest BCUT2D eigenvalue weighted by Crippen LogP contribution is 2.63. The Morgan fingerprint density at radius 2 is 2.08 bits per heavy atom. The highest BCUT2D eigenvalue weighted by Gasteiger charge is 2.55. The molecule has 2 amide bonds. The average Bonchev–Trinajstić information content (AvgIpc) is 3.42. The summed E-state index contributed by atoms with van der Waals surface area (Å²) in [5.74, 6) is -0.878. The molecule has 49 heavy (non-hydrogen) atoms. The lowest BCUT2D eigenvalue weighted by atomic mass is 9.95. The number of fused-ring (bicyclic) bond motifs is 4. The number of carbonyl (C=O) groups is 2. The Bertz CT molecular complexity index is 2090. The Kier molecular flexibility index (Phi) is 8.25. The number of amides is 2. The van der Waals surface area contributed by atoms with Crippen molar-refractivity contribution < 1.29 is 32.6 Å². The van der Waals surface area contributed by atoms with Crippen LogP contribution in [-0.4, -0.2) is 77.5 Å². The maximum absolute atomic E-state index is 14.2. The maximum atomic E-state index is 14.2. The quantitative estimate of drug-likeness (QED) is 0.230. The smallest absolute Gasteiger partial charge is 0.416 e. The van der Waals surface area contributed by atoms with Crippen LogP contribution in [-0.2, 0) is 22.3 Å². The Labute approximate surface area is 281 Å². The zero-order valence-electron chi connectivity index (χ0n) is 26.5. The molecular formula is C32H32ClF3N8O5. The van der Waals surface area contributed by atoms with Crippen LogP contribution in [0, 0.1) is 12.8 Å². The molecule has 1 fully saturated rings. The van der Waals surface area contributed by atoms with Crippen LogP contribution in [0.4, 0.5) is 18.9 Å². The van der Waals surface area contributed by atoms with Crippen molar-refractivity contribution in [2.75, 3.05) is 31.6 Å². The molecule has 1 saturated carbocycles.